The fraction of sp³-hybridized carbons (Fsp3) is 0.647. The highest BCUT2D eigenvalue weighted by Gasteiger charge is 2.12. The lowest BCUT2D eigenvalue weighted by atomic mass is 10.1. The van der Waals surface area contributed by atoms with Gasteiger partial charge in [0, 0.05) is 25.3 Å². The van der Waals surface area contributed by atoms with Gasteiger partial charge in [-0.05, 0) is 55.8 Å². The van der Waals surface area contributed by atoms with Gasteiger partial charge in [-0.3, -0.25) is 0 Å². The smallest absolute Gasteiger partial charge is 0.0396 e. The van der Waals surface area contributed by atoms with E-state index in [1.807, 2.05) is 0 Å². The molecule has 0 aliphatic carbocycles. The summed E-state index contributed by atoms with van der Waals surface area (Å²) in [5.74, 6) is 0.716. The second kappa shape index (κ2) is 6.95. The molecule has 0 saturated carbocycles. The lowest BCUT2D eigenvalue weighted by molar-refractivity contribution is 0.552. The van der Waals surface area contributed by atoms with Gasteiger partial charge in [0.25, 0.3) is 0 Å². The fourth-order valence-corrected chi connectivity index (χ4v) is 2.82. The van der Waals surface area contributed by atoms with Gasteiger partial charge in [-0.15, -0.1) is 0 Å². The topological polar surface area (TPSA) is 15.3 Å². The van der Waals surface area contributed by atoms with Gasteiger partial charge in [-0.1, -0.05) is 26.0 Å². The molecular weight excluding hydrogens is 232 g/mol. The summed E-state index contributed by atoms with van der Waals surface area (Å²) in [6, 6.07) is 6.94. The monoisotopic (exact) mass is 260 g/mol. The highest BCUT2D eigenvalue weighted by molar-refractivity contribution is 5.54. The van der Waals surface area contributed by atoms with Crippen molar-refractivity contribution in [1.82, 2.24) is 5.32 Å². The van der Waals surface area contributed by atoms with Crippen molar-refractivity contribution in [3.8, 4) is 0 Å². The zero-order chi connectivity index (χ0) is 13.7. The number of aryl methyl sites for hydroxylation is 1. The van der Waals surface area contributed by atoms with E-state index in [0.717, 1.165) is 13.1 Å². The van der Waals surface area contributed by atoms with Gasteiger partial charge in [0.2, 0.25) is 0 Å². The van der Waals surface area contributed by atoms with Crippen molar-refractivity contribution in [2.45, 2.75) is 46.6 Å². The van der Waals surface area contributed by atoms with E-state index >= 15 is 0 Å². The quantitative estimate of drug-likeness (QED) is 0.868. The molecule has 1 heterocycles. The molecule has 0 aromatic heterocycles. The van der Waals surface area contributed by atoms with Crippen molar-refractivity contribution in [1.29, 1.82) is 0 Å². The van der Waals surface area contributed by atoms with Crippen LogP contribution in [-0.4, -0.2) is 19.6 Å². The standard InChI is InChI=1S/C17H28N2/c1-14(2)12-18-13-16-7-8-17(15(3)11-16)19-9-5-4-6-10-19/h7-8,11,14,18H,4-6,9-10,12-13H2,1-3H3. The highest BCUT2D eigenvalue weighted by atomic mass is 15.1. The third-order valence-corrected chi connectivity index (χ3v) is 3.84. The van der Waals surface area contributed by atoms with Gasteiger partial charge in [0.05, 0.1) is 0 Å². The molecule has 1 aliphatic heterocycles. The lowest BCUT2D eigenvalue weighted by Crippen LogP contribution is -2.30. The van der Waals surface area contributed by atoms with E-state index in [9.17, 15) is 0 Å². The van der Waals surface area contributed by atoms with Crippen LogP contribution >= 0.6 is 0 Å². The molecule has 0 bridgehead atoms. The molecule has 0 unspecified atom stereocenters. The van der Waals surface area contributed by atoms with Crippen LogP contribution in [0, 0.1) is 12.8 Å². The fourth-order valence-electron chi connectivity index (χ4n) is 2.82. The third-order valence-electron chi connectivity index (χ3n) is 3.84. The summed E-state index contributed by atoms with van der Waals surface area (Å²) >= 11 is 0. The highest BCUT2D eigenvalue weighted by Crippen LogP contribution is 2.24. The van der Waals surface area contributed by atoms with Crippen LogP contribution in [0.3, 0.4) is 0 Å². The van der Waals surface area contributed by atoms with Crippen LogP contribution in [0.5, 0.6) is 0 Å². The molecule has 0 radical (unpaired) electrons. The van der Waals surface area contributed by atoms with E-state index in [-0.39, 0.29) is 0 Å². The molecule has 2 rings (SSSR count). The van der Waals surface area contributed by atoms with Crippen LogP contribution in [0.1, 0.15) is 44.2 Å². The van der Waals surface area contributed by atoms with Crippen molar-refractivity contribution in [2.75, 3.05) is 24.5 Å². The summed E-state index contributed by atoms with van der Waals surface area (Å²) in [6.45, 7) is 11.3. The Morgan fingerprint density at radius 1 is 1.16 bits per heavy atom. The largest absolute Gasteiger partial charge is 0.371 e. The first kappa shape index (κ1) is 14.4. The normalized spacial score (nSPS) is 16.1. The van der Waals surface area contributed by atoms with Gasteiger partial charge >= 0.3 is 0 Å². The van der Waals surface area contributed by atoms with Gasteiger partial charge in [-0.25, -0.2) is 0 Å². The minimum absolute atomic E-state index is 0.716. The molecule has 19 heavy (non-hydrogen) atoms. The average Bonchev–Trinajstić information content (AvgIpc) is 2.39. The number of hydrogen-bond donors (Lipinski definition) is 1. The van der Waals surface area contributed by atoms with Gasteiger partial charge in [-0.2, -0.15) is 0 Å². The Bertz CT molecular complexity index is 392. The molecule has 1 N–H and O–H groups in total. The van der Waals surface area contributed by atoms with Crippen molar-refractivity contribution < 1.29 is 0 Å². The maximum atomic E-state index is 3.51. The van der Waals surface area contributed by atoms with Gasteiger partial charge in [0.1, 0.15) is 0 Å². The summed E-state index contributed by atoms with van der Waals surface area (Å²) < 4.78 is 0. The van der Waals surface area contributed by atoms with Crippen molar-refractivity contribution >= 4 is 5.69 Å². The van der Waals surface area contributed by atoms with Gasteiger partial charge < -0.3 is 10.2 Å². The molecule has 2 nitrogen and oxygen atoms in total. The van der Waals surface area contributed by atoms with Crippen LogP contribution in [0.2, 0.25) is 0 Å². The average molecular weight is 260 g/mol. The molecule has 1 fully saturated rings. The molecule has 2 heteroatoms. The van der Waals surface area contributed by atoms with Crippen LogP contribution in [0.4, 0.5) is 5.69 Å². The van der Waals surface area contributed by atoms with Crippen LogP contribution < -0.4 is 10.2 Å². The summed E-state index contributed by atoms with van der Waals surface area (Å²) in [5, 5.41) is 3.51. The second-order valence-electron chi connectivity index (χ2n) is 6.19. The third kappa shape index (κ3) is 4.24. The van der Waals surface area contributed by atoms with Crippen LogP contribution in [0.15, 0.2) is 18.2 Å². The first-order chi connectivity index (χ1) is 9.16. The molecule has 106 valence electrons. The van der Waals surface area contributed by atoms with Crippen LogP contribution in [0.25, 0.3) is 0 Å². The summed E-state index contributed by atoms with van der Waals surface area (Å²) in [6.07, 6.45) is 4.08. The summed E-state index contributed by atoms with van der Waals surface area (Å²) in [5.41, 5.74) is 4.26. The molecule has 1 aliphatic rings. The summed E-state index contributed by atoms with van der Waals surface area (Å²) in [4.78, 5) is 2.55. The first-order valence-corrected chi connectivity index (χ1v) is 7.72. The van der Waals surface area contributed by atoms with E-state index in [4.69, 9.17) is 0 Å². The minimum atomic E-state index is 0.716. The number of hydrogen-bond acceptors (Lipinski definition) is 2. The first-order valence-electron chi connectivity index (χ1n) is 7.72. The number of nitrogens with one attached hydrogen (secondary N) is 1. The molecule has 1 aromatic rings. The number of benzene rings is 1. The molecule has 0 amide bonds. The molecule has 1 saturated heterocycles. The van der Waals surface area contributed by atoms with E-state index in [1.165, 1.54) is 49.2 Å². The SMILES string of the molecule is Cc1cc(CNCC(C)C)ccc1N1CCCCC1. The minimum Gasteiger partial charge on any atom is -0.371 e. The van der Waals surface area contributed by atoms with Gasteiger partial charge in [0.15, 0.2) is 0 Å². The zero-order valence-corrected chi connectivity index (χ0v) is 12.7. The molecular formula is C17H28N2. The lowest BCUT2D eigenvalue weighted by Gasteiger charge is -2.30. The Morgan fingerprint density at radius 3 is 2.53 bits per heavy atom. The Hall–Kier alpha value is -1.02. The summed E-state index contributed by atoms with van der Waals surface area (Å²) in [7, 11) is 0. The van der Waals surface area contributed by atoms with E-state index in [2.05, 4.69) is 49.2 Å². The van der Waals surface area contributed by atoms with E-state index < -0.39 is 0 Å². The van der Waals surface area contributed by atoms with Crippen LogP contribution in [-0.2, 0) is 6.54 Å². The van der Waals surface area contributed by atoms with Crippen molar-refractivity contribution in [3.05, 3.63) is 29.3 Å². The predicted molar refractivity (Wildman–Crippen MR) is 83.8 cm³/mol. The van der Waals surface area contributed by atoms with E-state index in [0.29, 0.717) is 5.92 Å². The van der Waals surface area contributed by atoms with E-state index in [1.54, 1.807) is 0 Å². The number of rotatable bonds is 5. The Balaban J connectivity index is 1.96. The van der Waals surface area contributed by atoms with Crippen molar-refractivity contribution in [2.24, 2.45) is 5.92 Å². The zero-order valence-electron chi connectivity index (χ0n) is 12.7. The number of nitrogens with zero attached hydrogens (tertiary/aromatic N) is 1. The Kier molecular flexibility index (Phi) is 5.26. The number of anilines is 1. The molecule has 0 spiro atoms. The molecule has 0 atom stereocenters. The number of piperidine rings is 1. The maximum absolute atomic E-state index is 3.51. The Labute approximate surface area is 118 Å². The Morgan fingerprint density at radius 2 is 1.89 bits per heavy atom. The van der Waals surface area contributed by atoms with Crippen molar-refractivity contribution in [3.63, 3.8) is 0 Å². The molecule has 1 aromatic carbocycles. The predicted octanol–water partition coefficient (Wildman–Crippen LogP) is 3.73. The maximum Gasteiger partial charge on any atom is 0.0396 e. The second-order valence-corrected chi connectivity index (χ2v) is 6.19.